The van der Waals surface area contributed by atoms with Crippen molar-refractivity contribution >= 4 is 5.97 Å². The first-order valence-corrected chi connectivity index (χ1v) is 7.35. The average Bonchev–Trinajstić information content (AvgIpc) is 2.52. The van der Waals surface area contributed by atoms with Gasteiger partial charge >= 0.3 is 5.97 Å². The summed E-state index contributed by atoms with van der Waals surface area (Å²) in [5.41, 5.74) is 1.16. The van der Waals surface area contributed by atoms with E-state index in [0.717, 1.165) is 18.5 Å². The van der Waals surface area contributed by atoms with Crippen LogP contribution in [0.4, 0.5) is 0 Å². The van der Waals surface area contributed by atoms with E-state index in [2.05, 4.69) is 10.3 Å². The molecule has 1 N–H and O–H groups in total. The quantitative estimate of drug-likeness (QED) is 0.828. The molecule has 0 amide bonds. The number of hydrogen-bond donors (Lipinski definition) is 1. The molecule has 0 radical (unpaired) electrons. The van der Waals surface area contributed by atoms with Crippen molar-refractivity contribution in [2.75, 3.05) is 13.2 Å². The zero-order valence-corrected chi connectivity index (χ0v) is 12.2. The molecule has 1 fully saturated rings. The van der Waals surface area contributed by atoms with Crippen LogP contribution in [-0.4, -0.2) is 30.1 Å². The molecule has 1 atom stereocenters. The third kappa shape index (κ3) is 3.62. The standard InChI is InChI=1S/C17H18N2O3/c20-17(22-11-13-5-2-1-3-6-13)16-15(7-4-9-19-16)21-12-14-8-10-18-14/h1-7,9,14,18H,8,10-12H2. The molecule has 114 valence electrons. The van der Waals surface area contributed by atoms with Gasteiger partial charge in [-0.05, 0) is 30.7 Å². The van der Waals surface area contributed by atoms with Gasteiger partial charge in [-0.3, -0.25) is 0 Å². The summed E-state index contributed by atoms with van der Waals surface area (Å²) in [5.74, 6) is -0.00437. The summed E-state index contributed by atoms with van der Waals surface area (Å²) in [6.45, 7) is 1.78. The predicted molar refractivity (Wildman–Crippen MR) is 81.7 cm³/mol. The minimum atomic E-state index is -0.471. The van der Waals surface area contributed by atoms with E-state index in [4.69, 9.17) is 9.47 Å². The van der Waals surface area contributed by atoms with Crippen LogP contribution in [0, 0.1) is 0 Å². The normalized spacial score (nSPS) is 16.6. The summed E-state index contributed by atoms with van der Waals surface area (Å²) in [5, 5.41) is 3.25. The molecule has 0 spiro atoms. The lowest BCUT2D eigenvalue weighted by atomic mass is 10.1. The van der Waals surface area contributed by atoms with Crippen LogP contribution in [0.1, 0.15) is 22.5 Å². The van der Waals surface area contributed by atoms with Crippen LogP contribution in [0.5, 0.6) is 5.75 Å². The van der Waals surface area contributed by atoms with Crippen molar-refractivity contribution in [3.8, 4) is 5.75 Å². The summed E-state index contributed by atoms with van der Waals surface area (Å²) in [6, 6.07) is 13.4. The first-order valence-electron chi connectivity index (χ1n) is 7.35. The van der Waals surface area contributed by atoms with E-state index in [1.54, 1.807) is 18.3 Å². The van der Waals surface area contributed by atoms with Gasteiger partial charge in [0.05, 0.1) is 0 Å². The number of ether oxygens (including phenoxy) is 2. The van der Waals surface area contributed by atoms with Gasteiger partial charge in [-0.2, -0.15) is 0 Å². The molecule has 0 bridgehead atoms. The van der Waals surface area contributed by atoms with Gasteiger partial charge in [0.1, 0.15) is 13.2 Å². The van der Waals surface area contributed by atoms with E-state index in [-0.39, 0.29) is 12.3 Å². The molecule has 5 heteroatoms. The molecule has 1 unspecified atom stereocenters. The number of benzene rings is 1. The van der Waals surface area contributed by atoms with Gasteiger partial charge in [0.2, 0.25) is 0 Å². The van der Waals surface area contributed by atoms with E-state index < -0.39 is 5.97 Å². The lowest BCUT2D eigenvalue weighted by Gasteiger charge is -2.27. The second kappa shape index (κ2) is 7.04. The number of rotatable bonds is 6. The Hall–Kier alpha value is -2.40. The number of pyridine rings is 1. The fraction of sp³-hybridized carbons (Fsp3) is 0.294. The molecule has 1 aromatic carbocycles. The molecule has 1 aliphatic rings. The Morgan fingerprint density at radius 2 is 2.05 bits per heavy atom. The average molecular weight is 298 g/mol. The maximum absolute atomic E-state index is 12.2. The lowest BCUT2D eigenvalue weighted by Crippen LogP contribution is -2.46. The van der Waals surface area contributed by atoms with Gasteiger partial charge < -0.3 is 14.8 Å². The second-order valence-electron chi connectivity index (χ2n) is 5.16. The minimum Gasteiger partial charge on any atom is -0.489 e. The van der Waals surface area contributed by atoms with Crippen molar-refractivity contribution in [2.24, 2.45) is 0 Å². The van der Waals surface area contributed by atoms with Gasteiger partial charge in [0.15, 0.2) is 11.4 Å². The summed E-state index contributed by atoms with van der Waals surface area (Å²) in [6.07, 6.45) is 2.65. The van der Waals surface area contributed by atoms with Gasteiger partial charge in [-0.15, -0.1) is 0 Å². The van der Waals surface area contributed by atoms with Gasteiger partial charge in [0.25, 0.3) is 0 Å². The molecular weight excluding hydrogens is 280 g/mol. The molecule has 1 saturated heterocycles. The monoisotopic (exact) mass is 298 g/mol. The molecule has 2 aromatic rings. The van der Waals surface area contributed by atoms with E-state index >= 15 is 0 Å². The summed E-state index contributed by atoms with van der Waals surface area (Å²) in [4.78, 5) is 16.3. The molecule has 1 aliphatic heterocycles. The summed E-state index contributed by atoms with van der Waals surface area (Å²) < 4.78 is 11.0. The van der Waals surface area contributed by atoms with Crippen molar-refractivity contribution in [1.82, 2.24) is 10.3 Å². The first kappa shape index (κ1) is 14.5. The van der Waals surface area contributed by atoms with E-state index in [1.807, 2.05) is 30.3 Å². The van der Waals surface area contributed by atoms with Crippen LogP contribution in [0.25, 0.3) is 0 Å². The summed E-state index contributed by atoms with van der Waals surface area (Å²) in [7, 11) is 0. The largest absolute Gasteiger partial charge is 0.489 e. The van der Waals surface area contributed by atoms with Crippen molar-refractivity contribution in [3.63, 3.8) is 0 Å². The molecule has 3 rings (SSSR count). The van der Waals surface area contributed by atoms with Crippen molar-refractivity contribution in [2.45, 2.75) is 19.1 Å². The highest BCUT2D eigenvalue weighted by Gasteiger charge is 2.20. The molecule has 1 aromatic heterocycles. The number of esters is 1. The molecular formula is C17H18N2O3. The van der Waals surface area contributed by atoms with Crippen LogP contribution < -0.4 is 10.1 Å². The maximum Gasteiger partial charge on any atom is 0.361 e. The Labute approximate surface area is 129 Å². The smallest absolute Gasteiger partial charge is 0.361 e. The highest BCUT2D eigenvalue weighted by molar-refractivity contribution is 5.90. The van der Waals surface area contributed by atoms with Crippen molar-refractivity contribution in [1.29, 1.82) is 0 Å². The number of carbonyl (C=O) groups is 1. The topological polar surface area (TPSA) is 60.5 Å². The van der Waals surface area contributed by atoms with Crippen molar-refractivity contribution in [3.05, 3.63) is 59.9 Å². The van der Waals surface area contributed by atoms with Crippen molar-refractivity contribution < 1.29 is 14.3 Å². The highest BCUT2D eigenvalue weighted by atomic mass is 16.5. The summed E-state index contributed by atoms with van der Waals surface area (Å²) >= 11 is 0. The number of aromatic nitrogens is 1. The minimum absolute atomic E-state index is 0.220. The zero-order chi connectivity index (χ0) is 15.2. The Balaban J connectivity index is 1.61. The lowest BCUT2D eigenvalue weighted by molar-refractivity contribution is 0.0459. The maximum atomic E-state index is 12.2. The number of carbonyl (C=O) groups excluding carboxylic acids is 1. The Morgan fingerprint density at radius 3 is 2.77 bits per heavy atom. The Kier molecular flexibility index (Phi) is 4.65. The van der Waals surface area contributed by atoms with Gasteiger partial charge in [0, 0.05) is 12.2 Å². The molecule has 22 heavy (non-hydrogen) atoms. The van der Waals surface area contributed by atoms with Crippen LogP contribution >= 0.6 is 0 Å². The number of nitrogens with zero attached hydrogens (tertiary/aromatic N) is 1. The third-order valence-electron chi connectivity index (χ3n) is 3.54. The van der Waals surface area contributed by atoms with E-state index in [0.29, 0.717) is 18.4 Å². The second-order valence-corrected chi connectivity index (χ2v) is 5.16. The number of nitrogens with one attached hydrogen (secondary N) is 1. The van der Waals surface area contributed by atoms with Crippen LogP contribution in [0.15, 0.2) is 48.7 Å². The highest BCUT2D eigenvalue weighted by Crippen LogP contribution is 2.18. The Bertz CT molecular complexity index is 627. The van der Waals surface area contributed by atoms with Crippen LogP contribution in [0.3, 0.4) is 0 Å². The van der Waals surface area contributed by atoms with Crippen LogP contribution in [0.2, 0.25) is 0 Å². The first-order chi connectivity index (χ1) is 10.8. The SMILES string of the molecule is O=C(OCc1ccccc1)c1ncccc1OCC1CCN1. The van der Waals surface area contributed by atoms with Gasteiger partial charge in [-0.25, -0.2) is 9.78 Å². The fourth-order valence-corrected chi connectivity index (χ4v) is 2.13. The zero-order valence-electron chi connectivity index (χ0n) is 12.2. The van der Waals surface area contributed by atoms with E-state index in [1.165, 1.54) is 0 Å². The Morgan fingerprint density at radius 1 is 1.23 bits per heavy atom. The fourth-order valence-electron chi connectivity index (χ4n) is 2.13. The molecule has 0 saturated carbocycles. The molecule has 0 aliphatic carbocycles. The van der Waals surface area contributed by atoms with Gasteiger partial charge in [-0.1, -0.05) is 30.3 Å². The predicted octanol–water partition coefficient (Wildman–Crippen LogP) is 2.18. The van der Waals surface area contributed by atoms with Crippen LogP contribution in [-0.2, 0) is 11.3 Å². The number of hydrogen-bond acceptors (Lipinski definition) is 5. The third-order valence-corrected chi connectivity index (χ3v) is 3.54. The molecule has 5 nitrogen and oxygen atoms in total. The van der Waals surface area contributed by atoms with E-state index in [9.17, 15) is 4.79 Å². The molecule has 2 heterocycles.